The molecule has 0 spiro atoms. The smallest absolute Gasteiger partial charge is 0.237 e. The Morgan fingerprint density at radius 3 is 3.00 bits per heavy atom. The second-order valence-corrected chi connectivity index (χ2v) is 7.42. The summed E-state index contributed by atoms with van der Waals surface area (Å²) in [7, 11) is 0. The molecule has 2 aromatic heterocycles. The highest BCUT2D eigenvalue weighted by atomic mass is 16.2. The van der Waals surface area contributed by atoms with Crippen LogP contribution in [0, 0.1) is 0 Å². The minimum atomic E-state index is -0.387. The molecule has 4 rings (SSSR count). The number of aromatic nitrogens is 3. The number of nitrogens with zero attached hydrogens (tertiary/aromatic N) is 3. The van der Waals surface area contributed by atoms with Crippen LogP contribution in [0.5, 0.6) is 0 Å². The first kappa shape index (κ1) is 18.3. The van der Waals surface area contributed by atoms with Gasteiger partial charge in [-0.3, -0.25) is 9.59 Å². The van der Waals surface area contributed by atoms with E-state index in [-0.39, 0.29) is 24.3 Å². The van der Waals surface area contributed by atoms with Gasteiger partial charge in [0.25, 0.3) is 0 Å². The summed E-state index contributed by atoms with van der Waals surface area (Å²) in [5.41, 5.74) is 7.61. The van der Waals surface area contributed by atoms with E-state index >= 15 is 0 Å². The summed E-state index contributed by atoms with van der Waals surface area (Å²) in [5, 5.41) is 1.18. The minimum absolute atomic E-state index is 0.125. The number of nitrogens with two attached hydrogens (primary N) is 1. The van der Waals surface area contributed by atoms with Crippen molar-refractivity contribution in [2.45, 2.75) is 38.1 Å². The van der Waals surface area contributed by atoms with Crippen LogP contribution in [0.3, 0.4) is 0 Å². The van der Waals surface area contributed by atoms with E-state index in [0.29, 0.717) is 13.0 Å². The second kappa shape index (κ2) is 7.88. The van der Waals surface area contributed by atoms with Gasteiger partial charge in [0.05, 0.1) is 0 Å². The van der Waals surface area contributed by atoms with E-state index in [0.717, 1.165) is 37.1 Å². The average molecular weight is 379 g/mol. The van der Waals surface area contributed by atoms with Crippen LogP contribution in [0.15, 0.2) is 42.9 Å². The predicted octanol–water partition coefficient (Wildman–Crippen LogP) is 2.19. The van der Waals surface area contributed by atoms with Crippen LogP contribution >= 0.6 is 0 Å². The van der Waals surface area contributed by atoms with Crippen molar-refractivity contribution in [1.29, 1.82) is 0 Å². The molecule has 0 radical (unpaired) electrons. The number of rotatable bonds is 6. The Bertz CT molecular complexity index is 990. The number of fused-ring (bicyclic) bond motifs is 1. The van der Waals surface area contributed by atoms with Crippen LogP contribution < -0.4 is 5.73 Å². The van der Waals surface area contributed by atoms with Crippen molar-refractivity contribution in [2.75, 3.05) is 13.1 Å². The standard InChI is InChI=1S/C21H25N5O2/c22-19(27)14-26-11-9-23-21(26)16-4-3-10-25(13-16)20(28)8-7-15-12-24-18-6-2-1-5-17(15)18/h1-2,5-6,9,11-12,16,24H,3-4,7-8,10,13-14H2,(H2,22,27)/t16-/m1/s1. The number of H-pyrrole nitrogens is 1. The molecule has 0 unspecified atom stereocenters. The number of carbonyl (C=O) groups excluding carboxylic acids is 2. The molecular formula is C21H25N5O2. The van der Waals surface area contributed by atoms with E-state index in [9.17, 15) is 9.59 Å². The fourth-order valence-electron chi connectivity index (χ4n) is 4.13. The number of aryl methyl sites for hydroxylation is 1. The first-order valence-corrected chi connectivity index (χ1v) is 9.74. The molecule has 28 heavy (non-hydrogen) atoms. The van der Waals surface area contributed by atoms with Crippen molar-refractivity contribution in [2.24, 2.45) is 5.73 Å². The average Bonchev–Trinajstić information content (AvgIpc) is 3.32. The number of nitrogens with one attached hydrogen (secondary N) is 1. The normalized spacial score (nSPS) is 17.1. The molecule has 1 aromatic carbocycles. The fourth-order valence-corrected chi connectivity index (χ4v) is 4.13. The molecule has 1 atom stereocenters. The summed E-state index contributed by atoms with van der Waals surface area (Å²) >= 11 is 0. The Labute approximate surface area is 163 Å². The highest BCUT2D eigenvalue weighted by Gasteiger charge is 2.27. The first-order chi connectivity index (χ1) is 13.6. The molecule has 3 N–H and O–H groups in total. The van der Waals surface area contributed by atoms with Gasteiger partial charge >= 0.3 is 0 Å². The lowest BCUT2D eigenvalue weighted by Crippen LogP contribution is -2.40. The van der Waals surface area contributed by atoms with Gasteiger partial charge in [0.15, 0.2) is 0 Å². The fraction of sp³-hybridized carbons (Fsp3) is 0.381. The Kier molecular flexibility index (Phi) is 5.14. The summed E-state index contributed by atoms with van der Waals surface area (Å²) in [6.07, 6.45) is 8.57. The number of primary amides is 1. The van der Waals surface area contributed by atoms with Crippen molar-refractivity contribution < 1.29 is 9.59 Å². The van der Waals surface area contributed by atoms with Crippen LogP contribution in [0.25, 0.3) is 10.9 Å². The van der Waals surface area contributed by atoms with Gasteiger partial charge in [-0.25, -0.2) is 4.98 Å². The van der Waals surface area contributed by atoms with Gasteiger partial charge in [0.2, 0.25) is 11.8 Å². The monoisotopic (exact) mass is 379 g/mol. The molecule has 3 heterocycles. The zero-order valence-electron chi connectivity index (χ0n) is 15.8. The highest BCUT2D eigenvalue weighted by Crippen LogP contribution is 2.27. The summed E-state index contributed by atoms with van der Waals surface area (Å²) < 4.78 is 1.80. The maximum atomic E-state index is 12.8. The molecule has 0 saturated carbocycles. The number of benzene rings is 1. The number of amides is 2. The second-order valence-electron chi connectivity index (χ2n) is 7.42. The van der Waals surface area contributed by atoms with Gasteiger partial charge < -0.3 is 20.2 Å². The van der Waals surface area contributed by atoms with Gasteiger partial charge in [0.1, 0.15) is 12.4 Å². The Balaban J connectivity index is 1.40. The number of piperidine rings is 1. The van der Waals surface area contributed by atoms with Gasteiger partial charge in [0, 0.05) is 54.9 Å². The van der Waals surface area contributed by atoms with Crippen LogP contribution in [-0.4, -0.2) is 44.3 Å². The van der Waals surface area contributed by atoms with Crippen LogP contribution in [-0.2, 0) is 22.6 Å². The third-order valence-electron chi connectivity index (χ3n) is 5.50. The van der Waals surface area contributed by atoms with Crippen molar-refractivity contribution in [3.63, 3.8) is 0 Å². The Hall–Kier alpha value is -3.09. The molecule has 3 aromatic rings. The number of hydrogen-bond acceptors (Lipinski definition) is 3. The summed E-state index contributed by atoms with van der Waals surface area (Å²) in [6, 6.07) is 8.15. The molecule has 0 bridgehead atoms. The van der Waals surface area contributed by atoms with Crippen molar-refractivity contribution in [1.82, 2.24) is 19.4 Å². The molecule has 1 aliphatic heterocycles. The first-order valence-electron chi connectivity index (χ1n) is 9.74. The third-order valence-corrected chi connectivity index (χ3v) is 5.50. The SMILES string of the molecule is NC(=O)Cn1ccnc1[C@@H]1CCCN(C(=O)CCc2c[nH]c3ccccc23)C1. The molecule has 1 saturated heterocycles. The summed E-state index contributed by atoms with van der Waals surface area (Å²) in [5.74, 6) is 0.762. The van der Waals surface area contributed by atoms with Crippen LogP contribution in [0.2, 0.25) is 0 Å². The minimum Gasteiger partial charge on any atom is -0.368 e. The van der Waals surface area contributed by atoms with E-state index in [1.807, 2.05) is 29.3 Å². The van der Waals surface area contributed by atoms with Crippen molar-refractivity contribution in [3.05, 3.63) is 54.2 Å². The number of likely N-dealkylation sites (tertiary alicyclic amines) is 1. The lowest BCUT2D eigenvalue weighted by Gasteiger charge is -2.32. The van der Waals surface area contributed by atoms with E-state index < -0.39 is 0 Å². The molecule has 7 heteroatoms. The van der Waals surface area contributed by atoms with Crippen LogP contribution in [0.1, 0.15) is 36.6 Å². The number of para-hydroxylation sites is 1. The molecule has 0 aliphatic carbocycles. The molecule has 1 fully saturated rings. The molecule has 146 valence electrons. The van der Waals surface area contributed by atoms with E-state index in [2.05, 4.69) is 16.0 Å². The lowest BCUT2D eigenvalue weighted by molar-refractivity contribution is -0.132. The maximum absolute atomic E-state index is 12.8. The summed E-state index contributed by atoms with van der Waals surface area (Å²) in [4.78, 5) is 33.7. The molecule has 7 nitrogen and oxygen atoms in total. The van der Waals surface area contributed by atoms with Gasteiger partial charge in [-0.05, 0) is 30.9 Å². The number of hydrogen-bond donors (Lipinski definition) is 2. The van der Waals surface area contributed by atoms with Gasteiger partial charge in [-0.1, -0.05) is 18.2 Å². The highest BCUT2D eigenvalue weighted by molar-refractivity contribution is 5.84. The predicted molar refractivity (Wildman–Crippen MR) is 107 cm³/mol. The van der Waals surface area contributed by atoms with E-state index in [1.54, 1.807) is 17.0 Å². The number of carbonyl (C=O) groups is 2. The van der Waals surface area contributed by atoms with Gasteiger partial charge in [-0.2, -0.15) is 0 Å². The number of imidazole rings is 1. The lowest BCUT2D eigenvalue weighted by atomic mass is 9.96. The van der Waals surface area contributed by atoms with E-state index in [1.165, 1.54) is 10.9 Å². The Morgan fingerprint density at radius 1 is 1.29 bits per heavy atom. The van der Waals surface area contributed by atoms with E-state index in [4.69, 9.17) is 5.73 Å². The zero-order valence-corrected chi connectivity index (χ0v) is 15.8. The largest absolute Gasteiger partial charge is 0.368 e. The quantitative estimate of drug-likeness (QED) is 0.687. The third kappa shape index (κ3) is 3.78. The Morgan fingerprint density at radius 2 is 2.14 bits per heavy atom. The van der Waals surface area contributed by atoms with Crippen molar-refractivity contribution >= 4 is 22.7 Å². The topological polar surface area (TPSA) is 97.0 Å². The molecule has 1 aliphatic rings. The van der Waals surface area contributed by atoms with Crippen LogP contribution in [0.4, 0.5) is 0 Å². The zero-order chi connectivity index (χ0) is 19.5. The molecular weight excluding hydrogens is 354 g/mol. The number of aromatic amines is 1. The van der Waals surface area contributed by atoms with Crippen molar-refractivity contribution in [3.8, 4) is 0 Å². The molecule has 2 amide bonds. The van der Waals surface area contributed by atoms with Gasteiger partial charge in [-0.15, -0.1) is 0 Å². The summed E-state index contributed by atoms with van der Waals surface area (Å²) in [6.45, 7) is 1.54. The maximum Gasteiger partial charge on any atom is 0.237 e.